The first kappa shape index (κ1) is 10.5. The molecule has 16 heavy (non-hydrogen) atoms. The van der Waals surface area contributed by atoms with Crippen molar-refractivity contribution >= 4 is 34.5 Å². The highest BCUT2D eigenvalue weighted by Gasteiger charge is 2.10. The summed E-state index contributed by atoms with van der Waals surface area (Å²) in [5.41, 5.74) is 9.88. The maximum absolute atomic E-state index is 10.6. The zero-order valence-corrected chi connectivity index (χ0v) is 8.85. The Bertz CT molecular complexity index is 618. The molecule has 0 spiro atoms. The maximum Gasteiger partial charge on any atom is 0.361 e. The molecule has 0 unspecified atom stereocenters. The van der Waals surface area contributed by atoms with Gasteiger partial charge in [-0.15, -0.1) is 0 Å². The molecule has 0 N–H and O–H groups in total. The molecule has 2 aromatic rings. The van der Waals surface area contributed by atoms with Crippen LogP contribution in [0.15, 0.2) is 30.5 Å². The number of aldehydes is 1. The van der Waals surface area contributed by atoms with E-state index < -0.39 is 0 Å². The Kier molecular flexibility index (Phi) is 2.77. The molecule has 0 radical (unpaired) electrons. The van der Waals surface area contributed by atoms with Crippen molar-refractivity contribution in [2.75, 3.05) is 0 Å². The van der Waals surface area contributed by atoms with Crippen molar-refractivity contribution in [1.82, 2.24) is 4.98 Å². The quantitative estimate of drug-likeness (QED) is 0.344. The van der Waals surface area contributed by atoms with E-state index in [2.05, 4.69) is 9.77 Å². The van der Waals surface area contributed by atoms with E-state index in [4.69, 9.17) is 17.1 Å². The minimum atomic E-state index is -0.0260. The Balaban J connectivity index is 2.67. The van der Waals surface area contributed by atoms with E-state index in [0.29, 0.717) is 16.9 Å². The molecule has 1 aromatic carbocycles. The number of fused-ring (bicyclic) bond motifs is 1. The summed E-state index contributed by atoms with van der Waals surface area (Å²) in [5.74, 6) is 0. The van der Waals surface area contributed by atoms with Crippen LogP contribution in [0.1, 0.15) is 5.56 Å². The molecule has 0 saturated carbocycles. The normalized spacial score (nSPS) is 9.81. The summed E-state index contributed by atoms with van der Waals surface area (Å²) in [6.07, 6.45) is 2.03. The number of carbonyl (C=O) groups is 1. The summed E-state index contributed by atoms with van der Waals surface area (Å²) < 4.78 is 0. The van der Waals surface area contributed by atoms with Crippen LogP contribution in [0.3, 0.4) is 0 Å². The Morgan fingerprint density at radius 3 is 2.94 bits per heavy atom. The van der Waals surface area contributed by atoms with Crippen LogP contribution in [0, 0.1) is 0 Å². The highest BCUT2D eigenvalue weighted by atomic mass is 35.5. The number of nitrogens with zero attached hydrogens (tertiary/aromatic N) is 3. The minimum absolute atomic E-state index is 0.0260. The van der Waals surface area contributed by atoms with Gasteiger partial charge in [0, 0.05) is 11.6 Å². The summed E-state index contributed by atoms with van der Waals surface area (Å²) in [6.45, 7) is 0. The first-order valence-corrected chi connectivity index (χ1v) is 4.85. The summed E-state index contributed by atoms with van der Waals surface area (Å²) in [6, 6.07) is 6.81. The molecule has 0 amide bonds. The Morgan fingerprint density at radius 1 is 1.44 bits per heavy atom. The smallest absolute Gasteiger partial charge is 0.361 e. The van der Waals surface area contributed by atoms with Gasteiger partial charge in [0.15, 0.2) is 0 Å². The van der Waals surface area contributed by atoms with Gasteiger partial charge in [0.1, 0.15) is 0 Å². The van der Waals surface area contributed by atoms with E-state index in [9.17, 15) is 4.79 Å². The van der Waals surface area contributed by atoms with Gasteiger partial charge in [-0.05, 0) is 24.3 Å². The summed E-state index contributed by atoms with van der Waals surface area (Å²) in [7, 11) is 0. The van der Waals surface area contributed by atoms with Gasteiger partial charge in [0.2, 0.25) is 6.29 Å². The van der Waals surface area contributed by atoms with Crippen molar-refractivity contribution in [3.63, 3.8) is 0 Å². The Morgan fingerprint density at radius 2 is 2.25 bits per heavy atom. The SMILES string of the molecule is [N-]=[N+]=C(C=O)c1ccc2ncc(Cl)cc2c1. The molecule has 2 rings (SSSR count). The summed E-state index contributed by atoms with van der Waals surface area (Å²) >= 11 is 5.81. The van der Waals surface area contributed by atoms with Crippen LogP contribution in [0.2, 0.25) is 5.02 Å². The van der Waals surface area contributed by atoms with E-state index in [0.717, 1.165) is 10.9 Å². The van der Waals surface area contributed by atoms with E-state index in [1.54, 1.807) is 30.5 Å². The molecule has 4 nitrogen and oxygen atoms in total. The van der Waals surface area contributed by atoms with Gasteiger partial charge in [-0.25, -0.2) is 0 Å². The molecule has 0 fully saturated rings. The monoisotopic (exact) mass is 231 g/mol. The van der Waals surface area contributed by atoms with Crippen molar-refractivity contribution in [3.8, 4) is 0 Å². The van der Waals surface area contributed by atoms with Gasteiger partial charge in [-0.3, -0.25) is 9.78 Å². The zero-order chi connectivity index (χ0) is 11.5. The van der Waals surface area contributed by atoms with Gasteiger partial charge >= 0.3 is 5.71 Å². The minimum Gasteiger partial charge on any atom is -0.361 e. The fraction of sp³-hybridized carbons (Fsp3) is 0. The van der Waals surface area contributed by atoms with Crippen LogP contribution in [0.5, 0.6) is 0 Å². The van der Waals surface area contributed by atoms with E-state index in [-0.39, 0.29) is 5.71 Å². The Labute approximate surface area is 96.1 Å². The third-order valence-corrected chi connectivity index (χ3v) is 2.37. The van der Waals surface area contributed by atoms with Crippen LogP contribution in [0.4, 0.5) is 0 Å². The first-order valence-electron chi connectivity index (χ1n) is 4.47. The molecule has 0 aliphatic carbocycles. The number of hydrogen-bond acceptors (Lipinski definition) is 2. The third kappa shape index (κ3) is 1.84. The van der Waals surface area contributed by atoms with Crippen molar-refractivity contribution in [2.45, 2.75) is 0 Å². The van der Waals surface area contributed by atoms with Crippen molar-refractivity contribution in [2.24, 2.45) is 0 Å². The molecular formula is C11H6ClN3O. The molecule has 78 valence electrons. The fourth-order valence-corrected chi connectivity index (χ4v) is 1.58. The highest BCUT2D eigenvalue weighted by Crippen LogP contribution is 2.18. The predicted octanol–water partition coefficient (Wildman–Crippen LogP) is 2.11. The van der Waals surface area contributed by atoms with Crippen molar-refractivity contribution in [1.29, 1.82) is 0 Å². The van der Waals surface area contributed by atoms with Gasteiger partial charge in [-0.1, -0.05) is 11.6 Å². The Hall–Kier alpha value is -2.03. The van der Waals surface area contributed by atoms with Crippen LogP contribution < -0.4 is 0 Å². The van der Waals surface area contributed by atoms with Crippen LogP contribution >= 0.6 is 11.6 Å². The molecule has 1 heterocycles. The second-order valence-electron chi connectivity index (χ2n) is 3.16. The number of rotatable bonds is 2. The van der Waals surface area contributed by atoms with Gasteiger partial charge in [0.05, 0.1) is 16.1 Å². The lowest BCUT2D eigenvalue weighted by molar-refractivity contribution is -0.106. The molecule has 0 bridgehead atoms. The molecule has 0 atom stereocenters. The van der Waals surface area contributed by atoms with Gasteiger partial charge in [0.25, 0.3) is 0 Å². The number of halogens is 1. The largest absolute Gasteiger partial charge is 0.361 e. The molecule has 5 heteroatoms. The summed E-state index contributed by atoms with van der Waals surface area (Å²) in [5, 5.41) is 1.30. The van der Waals surface area contributed by atoms with Crippen molar-refractivity contribution in [3.05, 3.63) is 46.6 Å². The number of carbonyl (C=O) groups excluding carboxylic acids is 1. The lowest BCUT2D eigenvalue weighted by Gasteiger charge is -1.98. The number of pyridine rings is 1. The van der Waals surface area contributed by atoms with Crippen LogP contribution in [0.25, 0.3) is 16.4 Å². The van der Waals surface area contributed by atoms with Crippen LogP contribution in [-0.2, 0) is 4.79 Å². The number of aromatic nitrogens is 1. The standard InChI is InChI=1S/C11H6ClN3O/c12-9-4-8-3-7(11(6-16)15-13)1-2-10(8)14-5-9/h1-6H. The molecular weight excluding hydrogens is 226 g/mol. The topological polar surface area (TPSA) is 66.4 Å². The first-order chi connectivity index (χ1) is 7.74. The van der Waals surface area contributed by atoms with Crippen molar-refractivity contribution < 1.29 is 9.58 Å². The lowest BCUT2D eigenvalue weighted by Crippen LogP contribution is -2.03. The molecule has 0 aliphatic heterocycles. The van der Waals surface area contributed by atoms with Gasteiger partial charge in [-0.2, -0.15) is 4.79 Å². The molecule has 1 aromatic heterocycles. The zero-order valence-electron chi connectivity index (χ0n) is 8.09. The predicted molar refractivity (Wildman–Crippen MR) is 60.5 cm³/mol. The average Bonchev–Trinajstić information content (AvgIpc) is 2.30. The average molecular weight is 232 g/mol. The second kappa shape index (κ2) is 4.23. The number of hydrogen-bond donors (Lipinski definition) is 0. The van der Waals surface area contributed by atoms with E-state index in [1.165, 1.54) is 0 Å². The summed E-state index contributed by atoms with van der Waals surface area (Å²) in [4.78, 5) is 17.6. The third-order valence-electron chi connectivity index (χ3n) is 2.16. The molecule has 0 saturated heterocycles. The second-order valence-corrected chi connectivity index (χ2v) is 3.60. The number of benzene rings is 1. The maximum atomic E-state index is 10.6. The highest BCUT2D eigenvalue weighted by molar-refractivity contribution is 6.34. The lowest BCUT2D eigenvalue weighted by atomic mass is 10.1. The van der Waals surface area contributed by atoms with E-state index in [1.807, 2.05) is 0 Å². The van der Waals surface area contributed by atoms with Gasteiger partial charge < -0.3 is 5.53 Å². The van der Waals surface area contributed by atoms with Crippen LogP contribution in [-0.4, -0.2) is 21.8 Å². The molecule has 0 aliphatic rings. The fourth-order valence-electron chi connectivity index (χ4n) is 1.41. The van der Waals surface area contributed by atoms with E-state index >= 15 is 0 Å².